The van der Waals surface area contributed by atoms with Gasteiger partial charge in [0, 0.05) is 6.54 Å². The molecule has 0 aliphatic heterocycles. The lowest BCUT2D eigenvalue weighted by Gasteiger charge is -2.10. The Balaban J connectivity index is 2.51. The van der Waals surface area contributed by atoms with Gasteiger partial charge in [0.15, 0.2) is 0 Å². The number of hydrogen-bond donors (Lipinski definition) is 3. The molecule has 0 aliphatic rings. The van der Waals surface area contributed by atoms with Crippen LogP contribution in [0.15, 0.2) is 18.2 Å². The predicted octanol–water partition coefficient (Wildman–Crippen LogP) is 1.76. The summed E-state index contributed by atoms with van der Waals surface area (Å²) in [6.07, 6.45) is 0.460. The summed E-state index contributed by atoms with van der Waals surface area (Å²) in [6.45, 7) is 4.53. The van der Waals surface area contributed by atoms with E-state index >= 15 is 0 Å². The smallest absolute Gasteiger partial charge is 0.0574 e. The molecule has 0 spiro atoms. The van der Waals surface area contributed by atoms with Crippen LogP contribution in [0.2, 0.25) is 0 Å². The number of nitrogens with two attached hydrogens (primary N) is 1. The van der Waals surface area contributed by atoms with Crippen LogP contribution in [0.25, 0.3) is 0 Å². The number of nitrogen functional groups attached to an aromatic ring is 1. The van der Waals surface area contributed by atoms with Crippen LogP contribution in [0, 0.1) is 6.92 Å². The van der Waals surface area contributed by atoms with Crippen LogP contribution in [0.4, 0.5) is 11.4 Å². The monoisotopic (exact) mass is 194 g/mol. The summed E-state index contributed by atoms with van der Waals surface area (Å²) in [5, 5.41) is 12.3. The largest absolute Gasteiger partial charge is 0.397 e. The number of anilines is 2. The van der Waals surface area contributed by atoms with E-state index in [9.17, 15) is 0 Å². The fraction of sp³-hybridized carbons (Fsp3) is 0.455. The molecular weight excluding hydrogens is 176 g/mol. The summed E-state index contributed by atoms with van der Waals surface area (Å²) in [5.74, 6) is 0. The molecule has 78 valence electrons. The van der Waals surface area contributed by atoms with Crippen molar-refractivity contribution in [2.24, 2.45) is 0 Å². The summed E-state index contributed by atoms with van der Waals surface area (Å²) in [7, 11) is 0. The van der Waals surface area contributed by atoms with Gasteiger partial charge in [-0.1, -0.05) is 6.07 Å². The molecule has 0 radical (unpaired) electrons. The summed E-state index contributed by atoms with van der Waals surface area (Å²) in [5.41, 5.74) is 8.67. The Hall–Kier alpha value is -1.22. The lowest BCUT2D eigenvalue weighted by Crippen LogP contribution is -2.10. The van der Waals surface area contributed by atoms with E-state index in [1.165, 1.54) is 0 Å². The molecule has 0 aromatic heterocycles. The average molecular weight is 194 g/mol. The molecule has 1 aromatic rings. The topological polar surface area (TPSA) is 58.3 Å². The van der Waals surface area contributed by atoms with Crippen LogP contribution >= 0.6 is 0 Å². The van der Waals surface area contributed by atoms with Crippen molar-refractivity contribution in [1.82, 2.24) is 0 Å². The number of nitrogens with one attached hydrogen (secondary N) is 1. The Morgan fingerprint density at radius 1 is 1.50 bits per heavy atom. The normalized spacial score (nSPS) is 12.5. The molecule has 0 saturated heterocycles. The Kier molecular flexibility index (Phi) is 3.77. The summed E-state index contributed by atoms with van der Waals surface area (Å²) in [6, 6.07) is 5.92. The lowest BCUT2D eigenvalue weighted by atomic mass is 10.2. The number of aryl methyl sites for hydroxylation is 1. The number of hydrogen-bond acceptors (Lipinski definition) is 3. The molecule has 0 aliphatic carbocycles. The highest BCUT2D eigenvalue weighted by molar-refractivity contribution is 5.66. The van der Waals surface area contributed by atoms with Gasteiger partial charge in [-0.05, 0) is 38.0 Å². The third-order valence-electron chi connectivity index (χ3n) is 2.08. The van der Waals surface area contributed by atoms with Crippen LogP contribution in [0.1, 0.15) is 18.9 Å². The Bertz CT molecular complexity index is 297. The van der Waals surface area contributed by atoms with E-state index in [1.54, 1.807) is 6.92 Å². The zero-order valence-corrected chi connectivity index (χ0v) is 8.75. The van der Waals surface area contributed by atoms with E-state index in [2.05, 4.69) is 5.32 Å². The minimum atomic E-state index is -0.269. The lowest BCUT2D eigenvalue weighted by molar-refractivity contribution is 0.189. The van der Waals surface area contributed by atoms with E-state index in [-0.39, 0.29) is 6.10 Å². The summed E-state index contributed by atoms with van der Waals surface area (Å²) >= 11 is 0. The van der Waals surface area contributed by atoms with Gasteiger partial charge < -0.3 is 16.2 Å². The second-order valence-electron chi connectivity index (χ2n) is 3.66. The molecule has 0 bridgehead atoms. The second kappa shape index (κ2) is 4.86. The quantitative estimate of drug-likeness (QED) is 0.640. The van der Waals surface area contributed by atoms with Gasteiger partial charge in [-0.15, -0.1) is 0 Å². The van der Waals surface area contributed by atoms with E-state index in [0.29, 0.717) is 0 Å². The molecule has 4 N–H and O–H groups in total. The first-order valence-corrected chi connectivity index (χ1v) is 4.87. The average Bonchev–Trinajstić information content (AvgIpc) is 2.08. The molecule has 3 heteroatoms. The molecule has 1 unspecified atom stereocenters. The Morgan fingerprint density at radius 2 is 2.21 bits per heavy atom. The van der Waals surface area contributed by atoms with Gasteiger partial charge in [0.25, 0.3) is 0 Å². The van der Waals surface area contributed by atoms with Crippen LogP contribution < -0.4 is 11.1 Å². The fourth-order valence-corrected chi connectivity index (χ4v) is 1.26. The van der Waals surface area contributed by atoms with Crippen molar-refractivity contribution >= 4 is 11.4 Å². The van der Waals surface area contributed by atoms with Gasteiger partial charge in [-0.3, -0.25) is 0 Å². The Morgan fingerprint density at radius 3 is 2.79 bits per heavy atom. The van der Waals surface area contributed by atoms with Crippen molar-refractivity contribution in [1.29, 1.82) is 0 Å². The first-order chi connectivity index (χ1) is 6.59. The first-order valence-electron chi connectivity index (χ1n) is 4.87. The molecule has 1 rings (SSSR count). The minimum Gasteiger partial charge on any atom is -0.397 e. The van der Waals surface area contributed by atoms with E-state index in [0.717, 1.165) is 29.9 Å². The third kappa shape index (κ3) is 3.26. The van der Waals surface area contributed by atoms with Crippen LogP contribution in [0.5, 0.6) is 0 Å². The highest BCUT2D eigenvalue weighted by atomic mass is 16.3. The van der Waals surface area contributed by atoms with Crippen LogP contribution in [0.3, 0.4) is 0 Å². The van der Waals surface area contributed by atoms with Gasteiger partial charge >= 0.3 is 0 Å². The molecule has 0 fully saturated rings. The maximum absolute atomic E-state index is 9.07. The number of aliphatic hydroxyl groups excluding tert-OH is 1. The highest BCUT2D eigenvalue weighted by Crippen LogP contribution is 2.19. The van der Waals surface area contributed by atoms with Gasteiger partial charge in [0.2, 0.25) is 0 Å². The van der Waals surface area contributed by atoms with Crippen molar-refractivity contribution in [3.8, 4) is 0 Å². The Labute approximate surface area is 84.9 Å². The minimum absolute atomic E-state index is 0.269. The van der Waals surface area contributed by atoms with E-state index < -0.39 is 0 Å². The molecule has 14 heavy (non-hydrogen) atoms. The standard InChI is InChI=1S/C11H18N2O/c1-8-3-4-11(10(12)7-8)13-6-5-9(2)14/h3-4,7,9,13-14H,5-6,12H2,1-2H3. The number of benzene rings is 1. The van der Waals surface area contributed by atoms with Gasteiger partial charge in [0.05, 0.1) is 17.5 Å². The molecule has 3 nitrogen and oxygen atoms in total. The van der Waals surface area contributed by atoms with Crippen molar-refractivity contribution in [2.45, 2.75) is 26.4 Å². The fourth-order valence-electron chi connectivity index (χ4n) is 1.26. The molecule has 1 atom stereocenters. The van der Waals surface area contributed by atoms with Crippen molar-refractivity contribution in [3.05, 3.63) is 23.8 Å². The molecule has 0 saturated carbocycles. The maximum Gasteiger partial charge on any atom is 0.0574 e. The summed E-state index contributed by atoms with van der Waals surface area (Å²) < 4.78 is 0. The molecule has 0 amide bonds. The van der Waals surface area contributed by atoms with Crippen LogP contribution in [-0.4, -0.2) is 17.8 Å². The number of rotatable bonds is 4. The third-order valence-corrected chi connectivity index (χ3v) is 2.08. The molecular formula is C11H18N2O. The van der Waals surface area contributed by atoms with Gasteiger partial charge in [0.1, 0.15) is 0 Å². The SMILES string of the molecule is Cc1ccc(NCCC(C)O)c(N)c1. The maximum atomic E-state index is 9.07. The summed E-state index contributed by atoms with van der Waals surface area (Å²) in [4.78, 5) is 0. The molecule has 1 aromatic carbocycles. The van der Waals surface area contributed by atoms with Crippen LogP contribution in [-0.2, 0) is 0 Å². The van der Waals surface area contributed by atoms with E-state index in [1.807, 2.05) is 25.1 Å². The zero-order chi connectivity index (χ0) is 10.6. The predicted molar refractivity (Wildman–Crippen MR) is 60.4 cm³/mol. The van der Waals surface area contributed by atoms with Crippen molar-refractivity contribution in [3.63, 3.8) is 0 Å². The van der Waals surface area contributed by atoms with Crippen molar-refractivity contribution in [2.75, 3.05) is 17.6 Å². The number of aliphatic hydroxyl groups is 1. The first kappa shape index (κ1) is 10.9. The van der Waals surface area contributed by atoms with Gasteiger partial charge in [-0.25, -0.2) is 0 Å². The van der Waals surface area contributed by atoms with E-state index in [4.69, 9.17) is 10.8 Å². The highest BCUT2D eigenvalue weighted by Gasteiger charge is 1.99. The van der Waals surface area contributed by atoms with Gasteiger partial charge in [-0.2, -0.15) is 0 Å². The zero-order valence-electron chi connectivity index (χ0n) is 8.75. The molecule has 0 heterocycles. The van der Waals surface area contributed by atoms with Crippen molar-refractivity contribution < 1.29 is 5.11 Å². The second-order valence-corrected chi connectivity index (χ2v) is 3.66.